The van der Waals surface area contributed by atoms with E-state index in [1.807, 2.05) is 6.07 Å². The summed E-state index contributed by atoms with van der Waals surface area (Å²) in [7, 11) is 0. The largest absolute Gasteiger partial charge is 0.480 e. The fourth-order valence-corrected chi connectivity index (χ4v) is 3.22. The van der Waals surface area contributed by atoms with Crippen LogP contribution in [-0.4, -0.2) is 34.6 Å². The number of hydrogen-bond acceptors (Lipinski definition) is 2. The van der Waals surface area contributed by atoms with E-state index in [0.717, 1.165) is 45.1 Å². The van der Waals surface area contributed by atoms with E-state index in [9.17, 15) is 9.90 Å². The van der Waals surface area contributed by atoms with Gasteiger partial charge in [-0.2, -0.15) is 0 Å². The van der Waals surface area contributed by atoms with Gasteiger partial charge in [0.25, 0.3) is 0 Å². The van der Waals surface area contributed by atoms with Crippen molar-refractivity contribution in [1.29, 1.82) is 0 Å². The average Bonchev–Trinajstić information content (AvgIpc) is 2.71. The number of carboxylic acids is 1. The van der Waals surface area contributed by atoms with E-state index in [-0.39, 0.29) is 6.04 Å². The second-order valence-corrected chi connectivity index (χ2v) is 5.69. The molecule has 1 fully saturated rings. The van der Waals surface area contributed by atoms with Crippen LogP contribution in [0.5, 0.6) is 0 Å². The van der Waals surface area contributed by atoms with Crippen molar-refractivity contribution in [3.05, 3.63) is 35.9 Å². The highest BCUT2D eigenvalue weighted by molar-refractivity contribution is 5.73. The molecule has 1 aliphatic rings. The van der Waals surface area contributed by atoms with Gasteiger partial charge in [-0.25, -0.2) is 0 Å². The van der Waals surface area contributed by atoms with E-state index < -0.39 is 5.97 Å². The van der Waals surface area contributed by atoms with Crippen LogP contribution in [0.15, 0.2) is 30.3 Å². The van der Waals surface area contributed by atoms with Gasteiger partial charge in [0.05, 0.1) is 0 Å². The van der Waals surface area contributed by atoms with Crippen molar-refractivity contribution in [2.45, 2.75) is 57.5 Å². The van der Waals surface area contributed by atoms with Gasteiger partial charge in [-0.05, 0) is 37.8 Å². The molecule has 1 N–H and O–H groups in total. The van der Waals surface area contributed by atoms with Gasteiger partial charge < -0.3 is 5.11 Å². The number of nitrogens with zero attached hydrogens (tertiary/aromatic N) is 1. The highest BCUT2D eigenvalue weighted by atomic mass is 16.4. The smallest absolute Gasteiger partial charge is 0.320 e. The molecule has 0 spiro atoms. The molecule has 1 aromatic rings. The summed E-state index contributed by atoms with van der Waals surface area (Å²) in [5, 5.41) is 9.50. The molecule has 0 bridgehead atoms. The van der Waals surface area contributed by atoms with E-state index in [2.05, 4.69) is 36.1 Å². The molecule has 20 heavy (non-hydrogen) atoms. The second-order valence-electron chi connectivity index (χ2n) is 5.69. The first-order chi connectivity index (χ1) is 9.72. The van der Waals surface area contributed by atoms with Crippen molar-refractivity contribution in [3.8, 4) is 0 Å². The summed E-state index contributed by atoms with van der Waals surface area (Å²) in [4.78, 5) is 13.8. The second kappa shape index (κ2) is 7.44. The monoisotopic (exact) mass is 275 g/mol. The van der Waals surface area contributed by atoms with Crippen molar-refractivity contribution < 1.29 is 9.90 Å². The number of hydrogen-bond donors (Lipinski definition) is 1. The molecule has 110 valence electrons. The minimum absolute atomic E-state index is 0.300. The van der Waals surface area contributed by atoms with Crippen molar-refractivity contribution in [1.82, 2.24) is 4.90 Å². The summed E-state index contributed by atoms with van der Waals surface area (Å²) in [6.07, 6.45) is 6.05. The Kier molecular flexibility index (Phi) is 5.60. The maximum atomic E-state index is 11.5. The summed E-state index contributed by atoms with van der Waals surface area (Å²) < 4.78 is 0. The van der Waals surface area contributed by atoms with Crippen LogP contribution < -0.4 is 0 Å². The normalized spacial score (nSPS) is 22.1. The molecule has 0 amide bonds. The quantitative estimate of drug-likeness (QED) is 0.896. The minimum Gasteiger partial charge on any atom is -0.480 e. The molecule has 2 atom stereocenters. The summed E-state index contributed by atoms with van der Waals surface area (Å²) in [5.41, 5.74) is 1.30. The maximum absolute atomic E-state index is 11.5. The van der Waals surface area contributed by atoms with Gasteiger partial charge in [0, 0.05) is 6.04 Å². The fourth-order valence-electron chi connectivity index (χ4n) is 3.22. The zero-order chi connectivity index (χ0) is 14.4. The highest BCUT2D eigenvalue weighted by Gasteiger charge is 2.31. The van der Waals surface area contributed by atoms with Gasteiger partial charge >= 0.3 is 5.97 Å². The summed E-state index contributed by atoms with van der Waals surface area (Å²) in [6.45, 7) is 3.08. The Balaban J connectivity index is 2.12. The van der Waals surface area contributed by atoms with Crippen LogP contribution in [0.1, 0.15) is 44.6 Å². The number of carbonyl (C=O) groups is 1. The van der Waals surface area contributed by atoms with Crippen molar-refractivity contribution in [2.75, 3.05) is 6.54 Å². The predicted octanol–water partition coefficient (Wildman–Crippen LogP) is 3.34. The van der Waals surface area contributed by atoms with Crippen LogP contribution in [0, 0.1) is 0 Å². The molecule has 3 heteroatoms. The average molecular weight is 275 g/mol. The Morgan fingerprint density at radius 1 is 1.30 bits per heavy atom. The fraction of sp³-hybridized carbons (Fsp3) is 0.588. The molecule has 0 radical (unpaired) electrons. The molecule has 2 rings (SSSR count). The first-order valence-corrected chi connectivity index (χ1v) is 7.75. The molecule has 0 aliphatic carbocycles. The van der Waals surface area contributed by atoms with Gasteiger partial charge in [-0.1, -0.05) is 50.1 Å². The van der Waals surface area contributed by atoms with Crippen LogP contribution in [0.3, 0.4) is 0 Å². The maximum Gasteiger partial charge on any atom is 0.320 e. The summed E-state index contributed by atoms with van der Waals surface area (Å²) in [5.74, 6) is -0.654. The van der Waals surface area contributed by atoms with Crippen molar-refractivity contribution in [2.24, 2.45) is 0 Å². The molecule has 0 saturated carbocycles. The molecule has 1 aliphatic heterocycles. The lowest BCUT2D eigenvalue weighted by Crippen LogP contribution is -2.47. The zero-order valence-corrected chi connectivity index (χ0v) is 12.3. The number of rotatable bonds is 5. The SMILES string of the molecule is CCC(Cc1ccccc1)N1CCCCCC1C(=O)O. The lowest BCUT2D eigenvalue weighted by molar-refractivity contribution is -0.144. The van der Waals surface area contributed by atoms with Gasteiger partial charge in [0.1, 0.15) is 6.04 Å². The van der Waals surface area contributed by atoms with Crippen molar-refractivity contribution >= 4 is 5.97 Å². The number of carboxylic acid groups (broad SMARTS) is 1. The van der Waals surface area contributed by atoms with E-state index >= 15 is 0 Å². The number of benzene rings is 1. The Labute approximate surface area is 121 Å². The zero-order valence-electron chi connectivity index (χ0n) is 12.3. The van der Waals surface area contributed by atoms with E-state index in [1.165, 1.54) is 5.56 Å². The standard InChI is InChI=1S/C17H25NO2/c1-2-15(13-14-9-5-3-6-10-14)18-12-8-4-7-11-16(18)17(19)20/h3,5-6,9-10,15-16H,2,4,7-8,11-13H2,1H3,(H,19,20). The Morgan fingerprint density at radius 2 is 2.05 bits per heavy atom. The van der Waals surface area contributed by atoms with E-state index in [0.29, 0.717) is 6.04 Å². The molecular formula is C17H25NO2. The van der Waals surface area contributed by atoms with E-state index in [1.54, 1.807) is 0 Å². The molecule has 3 nitrogen and oxygen atoms in total. The molecule has 1 saturated heterocycles. The van der Waals surface area contributed by atoms with Crippen LogP contribution >= 0.6 is 0 Å². The van der Waals surface area contributed by atoms with Crippen molar-refractivity contribution in [3.63, 3.8) is 0 Å². The van der Waals surface area contributed by atoms with Crippen LogP contribution in [-0.2, 0) is 11.2 Å². The Bertz CT molecular complexity index is 418. The lowest BCUT2D eigenvalue weighted by Gasteiger charge is -2.34. The predicted molar refractivity (Wildman–Crippen MR) is 80.8 cm³/mol. The lowest BCUT2D eigenvalue weighted by atomic mass is 10.00. The minimum atomic E-state index is -0.654. The van der Waals surface area contributed by atoms with Gasteiger partial charge in [0.15, 0.2) is 0 Å². The Morgan fingerprint density at radius 3 is 2.70 bits per heavy atom. The van der Waals surface area contributed by atoms with Gasteiger partial charge in [0.2, 0.25) is 0 Å². The summed E-state index contributed by atoms with van der Waals surface area (Å²) >= 11 is 0. The number of aliphatic carboxylic acids is 1. The van der Waals surface area contributed by atoms with Crippen LogP contribution in [0.25, 0.3) is 0 Å². The van der Waals surface area contributed by atoms with Gasteiger partial charge in [-0.15, -0.1) is 0 Å². The van der Waals surface area contributed by atoms with Crippen LogP contribution in [0.4, 0.5) is 0 Å². The molecule has 0 aromatic heterocycles. The first kappa shape index (κ1) is 15.0. The molecule has 1 aromatic carbocycles. The first-order valence-electron chi connectivity index (χ1n) is 7.75. The topological polar surface area (TPSA) is 40.5 Å². The third-order valence-corrected chi connectivity index (χ3v) is 4.33. The molecular weight excluding hydrogens is 250 g/mol. The molecule has 2 unspecified atom stereocenters. The van der Waals surface area contributed by atoms with Crippen LogP contribution in [0.2, 0.25) is 0 Å². The number of likely N-dealkylation sites (tertiary alicyclic amines) is 1. The Hall–Kier alpha value is -1.35. The third-order valence-electron chi connectivity index (χ3n) is 4.33. The van der Waals surface area contributed by atoms with Gasteiger partial charge in [-0.3, -0.25) is 9.69 Å². The third kappa shape index (κ3) is 3.83. The van der Waals surface area contributed by atoms with E-state index in [4.69, 9.17) is 0 Å². The summed E-state index contributed by atoms with van der Waals surface area (Å²) in [6, 6.07) is 10.4. The highest BCUT2D eigenvalue weighted by Crippen LogP contribution is 2.23. The molecule has 1 heterocycles.